The van der Waals surface area contributed by atoms with Gasteiger partial charge in [-0.05, 0) is 38.2 Å². The summed E-state index contributed by atoms with van der Waals surface area (Å²) < 4.78 is 13.8. The van der Waals surface area contributed by atoms with Crippen LogP contribution >= 0.6 is 0 Å². The molecule has 0 amide bonds. The van der Waals surface area contributed by atoms with Crippen LogP contribution in [0.15, 0.2) is 24.3 Å². The molecular formula is C16H24FN. The van der Waals surface area contributed by atoms with Crippen molar-refractivity contribution in [1.82, 2.24) is 5.32 Å². The maximum Gasteiger partial charge on any atom is 0.127 e. The number of halogens is 1. The van der Waals surface area contributed by atoms with E-state index in [9.17, 15) is 4.39 Å². The van der Waals surface area contributed by atoms with E-state index < -0.39 is 0 Å². The van der Waals surface area contributed by atoms with Crippen molar-refractivity contribution in [2.24, 2.45) is 5.92 Å². The summed E-state index contributed by atoms with van der Waals surface area (Å²) in [6.45, 7) is 4.37. The predicted octanol–water partition coefficient (Wildman–Crippen LogP) is 4.45. The van der Waals surface area contributed by atoms with E-state index in [1.807, 2.05) is 12.1 Å². The van der Waals surface area contributed by atoms with Crippen molar-refractivity contribution in [3.05, 3.63) is 35.6 Å². The molecular weight excluding hydrogens is 225 g/mol. The monoisotopic (exact) mass is 249 g/mol. The number of hydrogen-bond acceptors (Lipinski definition) is 1. The minimum Gasteiger partial charge on any atom is -0.307 e. The molecule has 2 atom stereocenters. The molecule has 2 heteroatoms. The van der Waals surface area contributed by atoms with Gasteiger partial charge in [0, 0.05) is 17.6 Å². The van der Waals surface area contributed by atoms with Crippen LogP contribution in [0, 0.1) is 11.7 Å². The Morgan fingerprint density at radius 3 is 2.56 bits per heavy atom. The summed E-state index contributed by atoms with van der Waals surface area (Å²) in [6, 6.07) is 7.76. The molecule has 1 nitrogen and oxygen atoms in total. The molecule has 0 aromatic heterocycles. The zero-order chi connectivity index (χ0) is 13.0. The Labute approximate surface area is 110 Å². The molecule has 0 aliphatic heterocycles. The van der Waals surface area contributed by atoms with Crippen molar-refractivity contribution in [1.29, 1.82) is 0 Å². The summed E-state index contributed by atoms with van der Waals surface area (Å²) in [5, 5.41) is 3.63. The van der Waals surface area contributed by atoms with Gasteiger partial charge in [-0.3, -0.25) is 0 Å². The van der Waals surface area contributed by atoms with Gasteiger partial charge in [-0.15, -0.1) is 0 Å². The number of benzene rings is 1. The van der Waals surface area contributed by atoms with Gasteiger partial charge in [0.15, 0.2) is 0 Å². The lowest BCUT2D eigenvalue weighted by molar-refractivity contribution is 0.334. The maximum atomic E-state index is 13.8. The molecule has 1 saturated carbocycles. The van der Waals surface area contributed by atoms with Gasteiger partial charge in [-0.25, -0.2) is 4.39 Å². The molecule has 1 aromatic rings. The fourth-order valence-electron chi connectivity index (χ4n) is 3.10. The first-order valence-corrected chi connectivity index (χ1v) is 7.22. The zero-order valence-electron chi connectivity index (χ0n) is 11.5. The molecule has 1 aliphatic rings. The van der Waals surface area contributed by atoms with E-state index in [4.69, 9.17) is 0 Å². The first-order valence-electron chi connectivity index (χ1n) is 7.22. The quantitative estimate of drug-likeness (QED) is 0.813. The van der Waals surface area contributed by atoms with Crippen LogP contribution in [0.2, 0.25) is 0 Å². The second-order valence-corrected chi connectivity index (χ2v) is 5.48. The first-order chi connectivity index (χ1) is 8.72. The normalized spacial score (nSPS) is 19.9. The first kappa shape index (κ1) is 13.5. The Morgan fingerprint density at radius 1 is 1.28 bits per heavy atom. The molecule has 100 valence electrons. The molecule has 18 heavy (non-hydrogen) atoms. The molecule has 0 spiro atoms. The highest BCUT2D eigenvalue weighted by Gasteiger charge is 2.24. The highest BCUT2D eigenvalue weighted by molar-refractivity contribution is 5.21. The van der Waals surface area contributed by atoms with Crippen LogP contribution in [0.3, 0.4) is 0 Å². The van der Waals surface area contributed by atoms with Crippen molar-refractivity contribution in [3.8, 4) is 0 Å². The predicted molar refractivity (Wildman–Crippen MR) is 74.0 cm³/mol. The summed E-state index contributed by atoms with van der Waals surface area (Å²) in [4.78, 5) is 0. The summed E-state index contributed by atoms with van der Waals surface area (Å²) in [5.74, 6) is 0.682. The SMILES string of the molecule is CCC(NC(C)C1CCCC1)c1ccccc1F. The van der Waals surface area contributed by atoms with Crippen molar-refractivity contribution in [2.75, 3.05) is 0 Å². The largest absolute Gasteiger partial charge is 0.307 e. The lowest BCUT2D eigenvalue weighted by Crippen LogP contribution is -2.35. The van der Waals surface area contributed by atoms with Crippen LogP contribution in [-0.4, -0.2) is 6.04 Å². The standard InChI is InChI=1S/C16H24FN/c1-3-16(14-10-6-7-11-15(14)17)18-12(2)13-8-4-5-9-13/h6-7,10-13,16,18H,3-5,8-9H2,1-2H3. The summed E-state index contributed by atoms with van der Waals surface area (Å²) >= 11 is 0. The lowest BCUT2D eigenvalue weighted by atomic mass is 9.96. The van der Waals surface area contributed by atoms with Crippen LogP contribution in [0.4, 0.5) is 4.39 Å². The molecule has 0 heterocycles. The summed E-state index contributed by atoms with van der Waals surface area (Å²) in [6.07, 6.45) is 6.28. The molecule has 2 unspecified atom stereocenters. The van der Waals surface area contributed by atoms with Gasteiger partial charge in [0.1, 0.15) is 5.82 Å². The van der Waals surface area contributed by atoms with Crippen LogP contribution in [0.1, 0.15) is 57.6 Å². The molecule has 1 N–H and O–H groups in total. The second kappa shape index (κ2) is 6.33. The van der Waals surface area contributed by atoms with Crippen LogP contribution in [0.5, 0.6) is 0 Å². The maximum absolute atomic E-state index is 13.8. The van der Waals surface area contributed by atoms with E-state index in [0.29, 0.717) is 6.04 Å². The van der Waals surface area contributed by atoms with Gasteiger partial charge in [0.25, 0.3) is 0 Å². The Balaban J connectivity index is 2.02. The minimum atomic E-state index is -0.0875. The molecule has 2 rings (SSSR count). The Bertz CT molecular complexity index is 371. The molecule has 1 aliphatic carbocycles. The van der Waals surface area contributed by atoms with Gasteiger partial charge in [0.05, 0.1) is 0 Å². The Hall–Kier alpha value is -0.890. The fourth-order valence-corrected chi connectivity index (χ4v) is 3.10. The van der Waals surface area contributed by atoms with Crippen LogP contribution < -0.4 is 5.32 Å². The average Bonchev–Trinajstić information content (AvgIpc) is 2.90. The van der Waals surface area contributed by atoms with E-state index >= 15 is 0 Å². The number of nitrogens with one attached hydrogen (secondary N) is 1. The third-order valence-electron chi connectivity index (χ3n) is 4.26. The molecule has 1 fully saturated rings. The smallest absolute Gasteiger partial charge is 0.127 e. The average molecular weight is 249 g/mol. The van der Waals surface area contributed by atoms with Crippen LogP contribution in [-0.2, 0) is 0 Å². The lowest BCUT2D eigenvalue weighted by Gasteiger charge is -2.27. The minimum absolute atomic E-state index is 0.0875. The van der Waals surface area contributed by atoms with E-state index in [2.05, 4.69) is 19.2 Å². The van der Waals surface area contributed by atoms with Crippen molar-refractivity contribution in [3.63, 3.8) is 0 Å². The van der Waals surface area contributed by atoms with Crippen LogP contribution in [0.25, 0.3) is 0 Å². The fraction of sp³-hybridized carbons (Fsp3) is 0.625. The van der Waals surface area contributed by atoms with Crippen molar-refractivity contribution >= 4 is 0 Å². The molecule has 0 radical (unpaired) electrons. The number of rotatable bonds is 5. The van der Waals surface area contributed by atoms with Gasteiger partial charge in [-0.2, -0.15) is 0 Å². The van der Waals surface area contributed by atoms with Gasteiger partial charge >= 0.3 is 0 Å². The molecule has 0 saturated heterocycles. The van der Waals surface area contributed by atoms with Gasteiger partial charge < -0.3 is 5.32 Å². The third kappa shape index (κ3) is 3.11. The van der Waals surface area contributed by atoms with E-state index in [1.165, 1.54) is 25.7 Å². The van der Waals surface area contributed by atoms with E-state index in [0.717, 1.165) is 17.9 Å². The second-order valence-electron chi connectivity index (χ2n) is 5.48. The number of hydrogen-bond donors (Lipinski definition) is 1. The highest BCUT2D eigenvalue weighted by Crippen LogP contribution is 2.29. The molecule has 0 bridgehead atoms. The van der Waals surface area contributed by atoms with Gasteiger partial charge in [-0.1, -0.05) is 38.0 Å². The summed E-state index contributed by atoms with van der Waals surface area (Å²) in [7, 11) is 0. The molecule has 1 aromatic carbocycles. The summed E-state index contributed by atoms with van der Waals surface area (Å²) in [5.41, 5.74) is 0.810. The van der Waals surface area contributed by atoms with Gasteiger partial charge in [0.2, 0.25) is 0 Å². The van der Waals surface area contributed by atoms with E-state index in [-0.39, 0.29) is 11.9 Å². The highest BCUT2D eigenvalue weighted by atomic mass is 19.1. The zero-order valence-corrected chi connectivity index (χ0v) is 11.5. The Morgan fingerprint density at radius 2 is 1.94 bits per heavy atom. The Kier molecular flexibility index (Phi) is 4.76. The topological polar surface area (TPSA) is 12.0 Å². The third-order valence-corrected chi connectivity index (χ3v) is 4.26. The van der Waals surface area contributed by atoms with Crippen molar-refractivity contribution in [2.45, 2.75) is 58.0 Å². The van der Waals surface area contributed by atoms with E-state index in [1.54, 1.807) is 12.1 Å². The van der Waals surface area contributed by atoms with Crippen molar-refractivity contribution < 1.29 is 4.39 Å².